The lowest BCUT2D eigenvalue weighted by Gasteiger charge is -2.23. The molecule has 0 amide bonds. The van der Waals surface area contributed by atoms with Crippen molar-refractivity contribution >= 4 is 11.4 Å². The van der Waals surface area contributed by atoms with Gasteiger partial charge in [-0.15, -0.1) is 0 Å². The number of rotatable bonds is 2. The predicted octanol–water partition coefficient (Wildman–Crippen LogP) is 2.94. The zero-order valence-electron chi connectivity index (χ0n) is 8.81. The van der Waals surface area contributed by atoms with Gasteiger partial charge in [-0.05, 0) is 32.9 Å². The Balaban J connectivity index is 2.87. The standard InChI is InChI=1S/C11H18N2/c1-11(2,3)13-10-8-6-5-7-9(10)12-4/h5-8,12-13H,1-4H3. The van der Waals surface area contributed by atoms with E-state index >= 15 is 0 Å². The molecule has 13 heavy (non-hydrogen) atoms. The minimum absolute atomic E-state index is 0.104. The van der Waals surface area contributed by atoms with Crippen LogP contribution in [-0.4, -0.2) is 12.6 Å². The zero-order valence-corrected chi connectivity index (χ0v) is 8.81. The van der Waals surface area contributed by atoms with E-state index in [4.69, 9.17) is 0 Å². The zero-order chi connectivity index (χ0) is 9.90. The highest BCUT2D eigenvalue weighted by Crippen LogP contribution is 2.23. The van der Waals surface area contributed by atoms with Gasteiger partial charge in [-0.3, -0.25) is 0 Å². The van der Waals surface area contributed by atoms with Crippen LogP contribution in [0.15, 0.2) is 24.3 Å². The lowest BCUT2D eigenvalue weighted by atomic mass is 10.1. The molecule has 0 radical (unpaired) electrons. The van der Waals surface area contributed by atoms with Crippen molar-refractivity contribution < 1.29 is 0 Å². The molecule has 0 heterocycles. The van der Waals surface area contributed by atoms with Gasteiger partial charge in [0.1, 0.15) is 0 Å². The van der Waals surface area contributed by atoms with Crippen molar-refractivity contribution in [2.45, 2.75) is 26.3 Å². The number of anilines is 2. The number of nitrogens with one attached hydrogen (secondary N) is 2. The molecule has 2 heteroatoms. The van der Waals surface area contributed by atoms with Gasteiger partial charge < -0.3 is 10.6 Å². The van der Waals surface area contributed by atoms with E-state index in [9.17, 15) is 0 Å². The second-order valence-corrected chi connectivity index (χ2v) is 4.17. The highest BCUT2D eigenvalue weighted by atomic mass is 15.0. The molecule has 0 bridgehead atoms. The van der Waals surface area contributed by atoms with Crippen molar-refractivity contribution in [2.75, 3.05) is 17.7 Å². The smallest absolute Gasteiger partial charge is 0.0579 e. The summed E-state index contributed by atoms with van der Waals surface area (Å²) in [4.78, 5) is 0. The average molecular weight is 178 g/mol. The first-order chi connectivity index (χ1) is 6.03. The fraction of sp³-hybridized carbons (Fsp3) is 0.455. The minimum Gasteiger partial charge on any atom is -0.386 e. The van der Waals surface area contributed by atoms with Gasteiger partial charge in [-0.2, -0.15) is 0 Å². The van der Waals surface area contributed by atoms with Gasteiger partial charge in [0, 0.05) is 12.6 Å². The van der Waals surface area contributed by atoms with Crippen LogP contribution in [0, 0.1) is 0 Å². The highest BCUT2D eigenvalue weighted by molar-refractivity contribution is 5.68. The van der Waals surface area contributed by atoms with Crippen LogP contribution >= 0.6 is 0 Å². The third-order valence-electron chi connectivity index (χ3n) is 1.71. The largest absolute Gasteiger partial charge is 0.386 e. The van der Waals surface area contributed by atoms with Gasteiger partial charge >= 0.3 is 0 Å². The van der Waals surface area contributed by atoms with Crippen molar-refractivity contribution in [3.8, 4) is 0 Å². The van der Waals surface area contributed by atoms with Crippen LogP contribution in [0.2, 0.25) is 0 Å². The van der Waals surface area contributed by atoms with E-state index in [-0.39, 0.29) is 5.54 Å². The summed E-state index contributed by atoms with van der Waals surface area (Å²) >= 11 is 0. The maximum atomic E-state index is 3.44. The van der Waals surface area contributed by atoms with Crippen LogP contribution in [0.4, 0.5) is 11.4 Å². The van der Waals surface area contributed by atoms with Crippen molar-refractivity contribution in [3.05, 3.63) is 24.3 Å². The second-order valence-electron chi connectivity index (χ2n) is 4.17. The number of hydrogen-bond donors (Lipinski definition) is 2. The van der Waals surface area contributed by atoms with E-state index in [1.54, 1.807) is 0 Å². The SMILES string of the molecule is CNc1ccccc1NC(C)(C)C. The van der Waals surface area contributed by atoms with Crippen molar-refractivity contribution in [1.82, 2.24) is 0 Å². The van der Waals surface area contributed by atoms with E-state index < -0.39 is 0 Å². The molecule has 0 saturated carbocycles. The molecule has 1 aromatic carbocycles. The van der Waals surface area contributed by atoms with Crippen molar-refractivity contribution in [1.29, 1.82) is 0 Å². The molecule has 72 valence electrons. The Bertz CT molecular complexity index is 274. The molecule has 0 saturated heterocycles. The third kappa shape index (κ3) is 2.98. The van der Waals surface area contributed by atoms with E-state index in [0.29, 0.717) is 0 Å². The molecule has 0 fully saturated rings. The minimum atomic E-state index is 0.104. The lowest BCUT2D eigenvalue weighted by Crippen LogP contribution is -2.26. The lowest BCUT2D eigenvalue weighted by molar-refractivity contribution is 0.634. The quantitative estimate of drug-likeness (QED) is 0.727. The van der Waals surface area contributed by atoms with Crippen LogP contribution in [0.1, 0.15) is 20.8 Å². The number of hydrogen-bond acceptors (Lipinski definition) is 2. The first-order valence-corrected chi connectivity index (χ1v) is 4.58. The Hall–Kier alpha value is -1.18. The summed E-state index contributed by atoms with van der Waals surface area (Å²) in [5.41, 5.74) is 2.39. The van der Waals surface area contributed by atoms with Gasteiger partial charge in [0.25, 0.3) is 0 Å². The third-order valence-corrected chi connectivity index (χ3v) is 1.71. The number of benzene rings is 1. The van der Waals surface area contributed by atoms with E-state index in [0.717, 1.165) is 11.4 Å². The van der Waals surface area contributed by atoms with E-state index in [2.05, 4.69) is 43.5 Å². The Morgan fingerprint density at radius 3 is 2.00 bits per heavy atom. The van der Waals surface area contributed by atoms with Crippen LogP contribution < -0.4 is 10.6 Å². The fourth-order valence-electron chi connectivity index (χ4n) is 1.21. The Morgan fingerprint density at radius 2 is 1.54 bits per heavy atom. The molecular weight excluding hydrogens is 160 g/mol. The second kappa shape index (κ2) is 3.69. The summed E-state index contributed by atoms with van der Waals surface area (Å²) in [5.74, 6) is 0. The summed E-state index contributed by atoms with van der Waals surface area (Å²) < 4.78 is 0. The Kier molecular flexibility index (Phi) is 2.81. The normalized spacial score (nSPS) is 11.1. The Morgan fingerprint density at radius 1 is 1.00 bits per heavy atom. The van der Waals surface area contributed by atoms with Gasteiger partial charge in [0.2, 0.25) is 0 Å². The average Bonchev–Trinajstić information content (AvgIpc) is 2.02. The van der Waals surface area contributed by atoms with Crippen molar-refractivity contribution in [3.63, 3.8) is 0 Å². The maximum absolute atomic E-state index is 3.44. The molecule has 1 rings (SSSR count). The monoisotopic (exact) mass is 178 g/mol. The molecule has 1 aromatic rings. The first kappa shape index (κ1) is 9.90. The molecule has 0 spiro atoms. The summed E-state index contributed by atoms with van der Waals surface area (Å²) in [6.07, 6.45) is 0. The Labute approximate surface area is 80.4 Å². The molecule has 0 unspecified atom stereocenters. The van der Waals surface area contributed by atoms with Gasteiger partial charge in [0.15, 0.2) is 0 Å². The molecule has 0 aliphatic rings. The molecule has 0 aromatic heterocycles. The van der Waals surface area contributed by atoms with Gasteiger partial charge in [-0.25, -0.2) is 0 Å². The first-order valence-electron chi connectivity index (χ1n) is 4.58. The molecule has 0 atom stereocenters. The molecule has 2 N–H and O–H groups in total. The number of para-hydroxylation sites is 2. The summed E-state index contributed by atoms with van der Waals surface area (Å²) in [7, 11) is 1.93. The van der Waals surface area contributed by atoms with Crippen LogP contribution in [0.3, 0.4) is 0 Å². The van der Waals surface area contributed by atoms with Gasteiger partial charge in [-0.1, -0.05) is 12.1 Å². The highest BCUT2D eigenvalue weighted by Gasteiger charge is 2.10. The summed E-state index contributed by atoms with van der Waals surface area (Å²) in [5, 5.41) is 6.59. The summed E-state index contributed by atoms with van der Waals surface area (Å²) in [6.45, 7) is 6.46. The maximum Gasteiger partial charge on any atom is 0.0579 e. The molecule has 0 aliphatic heterocycles. The van der Waals surface area contributed by atoms with Crippen LogP contribution in [-0.2, 0) is 0 Å². The van der Waals surface area contributed by atoms with E-state index in [1.165, 1.54) is 0 Å². The fourth-order valence-corrected chi connectivity index (χ4v) is 1.21. The van der Waals surface area contributed by atoms with E-state index in [1.807, 2.05) is 19.2 Å². The van der Waals surface area contributed by atoms with Crippen LogP contribution in [0.5, 0.6) is 0 Å². The molecule has 0 aliphatic carbocycles. The molecule has 2 nitrogen and oxygen atoms in total. The predicted molar refractivity (Wildman–Crippen MR) is 59.4 cm³/mol. The topological polar surface area (TPSA) is 24.1 Å². The summed E-state index contributed by atoms with van der Waals surface area (Å²) in [6, 6.07) is 8.21. The van der Waals surface area contributed by atoms with Gasteiger partial charge in [0.05, 0.1) is 11.4 Å². The van der Waals surface area contributed by atoms with Crippen molar-refractivity contribution in [2.24, 2.45) is 0 Å². The van der Waals surface area contributed by atoms with Crippen LogP contribution in [0.25, 0.3) is 0 Å². The molecular formula is C11H18N2.